The van der Waals surface area contributed by atoms with Crippen LogP contribution in [0.4, 0.5) is 0 Å². The lowest BCUT2D eigenvalue weighted by molar-refractivity contribution is 1.18. The van der Waals surface area contributed by atoms with E-state index in [1.54, 1.807) is 0 Å². The van der Waals surface area contributed by atoms with Crippen LogP contribution in [0.3, 0.4) is 0 Å². The first kappa shape index (κ1) is 29.0. The molecular formula is C44H29N3Si. The SMILES string of the molecule is N#Cc1cccc([Si](c2ccccc2)(c2ccccc2)c2ccccc2-c2ccccc2-n2c3ccccc3c3cc(C#N)ccc32)c1. The molecule has 8 rings (SSSR count). The average molecular weight is 628 g/mol. The summed E-state index contributed by atoms with van der Waals surface area (Å²) in [5.41, 5.74) is 6.76. The first-order valence-electron chi connectivity index (χ1n) is 16.0. The van der Waals surface area contributed by atoms with Crippen LogP contribution >= 0.6 is 0 Å². The molecule has 0 fully saturated rings. The van der Waals surface area contributed by atoms with Crippen LogP contribution in [0.15, 0.2) is 176 Å². The molecule has 0 N–H and O–H groups in total. The van der Waals surface area contributed by atoms with Crippen molar-refractivity contribution in [2.45, 2.75) is 0 Å². The molecule has 0 aliphatic carbocycles. The third-order valence-corrected chi connectivity index (χ3v) is 14.2. The van der Waals surface area contributed by atoms with Crippen LogP contribution in [0, 0.1) is 22.7 Å². The molecule has 0 spiro atoms. The smallest absolute Gasteiger partial charge is 0.180 e. The molecule has 224 valence electrons. The van der Waals surface area contributed by atoms with Crippen molar-refractivity contribution in [1.29, 1.82) is 10.5 Å². The zero-order chi connectivity index (χ0) is 32.5. The van der Waals surface area contributed by atoms with Crippen LogP contribution < -0.4 is 20.7 Å². The summed E-state index contributed by atoms with van der Waals surface area (Å²) in [5, 5.41) is 26.9. The van der Waals surface area contributed by atoms with Crippen molar-refractivity contribution in [3.05, 3.63) is 187 Å². The van der Waals surface area contributed by atoms with Crippen molar-refractivity contribution >= 4 is 50.6 Å². The van der Waals surface area contributed by atoms with Gasteiger partial charge in [-0.2, -0.15) is 10.5 Å². The van der Waals surface area contributed by atoms with Gasteiger partial charge < -0.3 is 4.57 Å². The summed E-state index contributed by atoms with van der Waals surface area (Å²) >= 11 is 0. The standard InChI is InChI=1S/C44H29N3Si/c45-30-32-14-13-19-36(28-32)48(34-15-3-1-4-16-34,35-17-5-2-6-18-35)44-25-12-9-22-39(44)37-20-7-10-23-41(37)47-42-24-11-8-21-38(42)40-29-33(31-46)26-27-43(40)47/h1-29H. The van der Waals surface area contributed by atoms with E-state index in [0.29, 0.717) is 11.1 Å². The largest absolute Gasteiger partial charge is 0.309 e. The highest BCUT2D eigenvalue weighted by Gasteiger charge is 2.43. The lowest BCUT2D eigenvalue weighted by Crippen LogP contribution is -2.75. The topological polar surface area (TPSA) is 52.5 Å². The number of nitriles is 2. The minimum atomic E-state index is -3.00. The van der Waals surface area contributed by atoms with E-state index < -0.39 is 8.07 Å². The van der Waals surface area contributed by atoms with Crippen molar-refractivity contribution in [2.75, 3.05) is 0 Å². The molecule has 4 heteroatoms. The lowest BCUT2D eigenvalue weighted by atomic mass is 10.0. The van der Waals surface area contributed by atoms with Gasteiger partial charge in [0.25, 0.3) is 0 Å². The first-order valence-corrected chi connectivity index (χ1v) is 18.0. The Morgan fingerprint density at radius 1 is 0.417 bits per heavy atom. The molecule has 1 aromatic heterocycles. The molecule has 0 bridgehead atoms. The van der Waals surface area contributed by atoms with Gasteiger partial charge in [-0.15, -0.1) is 0 Å². The molecule has 0 radical (unpaired) electrons. The van der Waals surface area contributed by atoms with Crippen molar-refractivity contribution in [2.24, 2.45) is 0 Å². The zero-order valence-corrected chi connectivity index (χ0v) is 27.1. The Labute approximate surface area is 280 Å². The maximum atomic E-state index is 10.1. The zero-order valence-electron chi connectivity index (χ0n) is 26.1. The molecule has 3 nitrogen and oxygen atoms in total. The second-order valence-corrected chi connectivity index (χ2v) is 15.7. The minimum absolute atomic E-state index is 0.644. The second-order valence-electron chi connectivity index (χ2n) is 11.9. The summed E-state index contributed by atoms with van der Waals surface area (Å²) in [6, 6.07) is 66.4. The van der Waals surface area contributed by atoms with E-state index in [2.05, 4.69) is 168 Å². The van der Waals surface area contributed by atoms with Gasteiger partial charge in [0.05, 0.1) is 40.0 Å². The predicted molar refractivity (Wildman–Crippen MR) is 199 cm³/mol. The number of hydrogen-bond acceptors (Lipinski definition) is 2. The van der Waals surface area contributed by atoms with Gasteiger partial charge in [0.1, 0.15) is 0 Å². The van der Waals surface area contributed by atoms with Crippen LogP contribution in [0.25, 0.3) is 38.6 Å². The van der Waals surface area contributed by atoms with Gasteiger partial charge in [-0.3, -0.25) is 0 Å². The third kappa shape index (κ3) is 4.55. The van der Waals surface area contributed by atoms with Crippen LogP contribution in [-0.4, -0.2) is 12.6 Å². The molecule has 0 aliphatic rings. The van der Waals surface area contributed by atoms with Gasteiger partial charge in [-0.05, 0) is 68.8 Å². The maximum Gasteiger partial charge on any atom is 0.180 e. The van der Waals surface area contributed by atoms with Gasteiger partial charge in [0, 0.05) is 16.3 Å². The fourth-order valence-corrected chi connectivity index (χ4v) is 12.4. The number of fused-ring (bicyclic) bond motifs is 3. The van der Waals surface area contributed by atoms with Gasteiger partial charge >= 0.3 is 0 Å². The summed E-state index contributed by atoms with van der Waals surface area (Å²) in [6.45, 7) is 0. The van der Waals surface area contributed by atoms with E-state index in [9.17, 15) is 10.5 Å². The number of rotatable bonds is 6. The van der Waals surface area contributed by atoms with Gasteiger partial charge in [-0.1, -0.05) is 133 Å². The molecule has 0 amide bonds. The molecule has 0 aliphatic heterocycles. The highest BCUT2D eigenvalue weighted by molar-refractivity contribution is 7.20. The van der Waals surface area contributed by atoms with Gasteiger partial charge in [0.2, 0.25) is 0 Å². The fourth-order valence-electron chi connectivity index (χ4n) is 7.41. The molecule has 7 aromatic carbocycles. The van der Waals surface area contributed by atoms with Crippen LogP contribution in [-0.2, 0) is 0 Å². The highest BCUT2D eigenvalue weighted by atomic mass is 28.3. The summed E-state index contributed by atoms with van der Waals surface area (Å²) in [7, 11) is -3.00. The van der Waals surface area contributed by atoms with Crippen molar-refractivity contribution in [3.8, 4) is 29.0 Å². The number of para-hydroxylation sites is 2. The van der Waals surface area contributed by atoms with Gasteiger partial charge in [-0.25, -0.2) is 0 Å². The molecule has 48 heavy (non-hydrogen) atoms. The van der Waals surface area contributed by atoms with E-state index in [0.717, 1.165) is 43.8 Å². The minimum Gasteiger partial charge on any atom is -0.309 e. The van der Waals surface area contributed by atoms with Crippen LogP contribution in [0.5, 0.6) is 0 Å². The Bertz CT molecular complexity index is 2500. The van der Waals surface area contributed by atoms with E-state index in [-0.39, 0.29) is 0 Å². The van der Waals surface area contributed by atoms with Gasteiger partial charge in [0.15, 0.2) is 8.07 Å². The average Bonchev–Trinajstić information content (AvgIpc) is 3.50. The number of aromatic nitrogens is 1. The molecule has 0 unspecified atom stereocenters. The Kier molecular flexibility index (Phi) is 7.27. The molecule has 1 heterocycles. The quantitative estimate of drug-likeness (QED) is 0.141. The number of benzene rings is 7. The lowest BCUT2D eigenvalue weighted by Gasteiger charge is -2.36. The van der Waals surface area contributed by atoms with E-state index >= 15 is 0 Å². The predicted octanol–water partition coefficient (Wildman–Crippen LogP) is 7.57. The van der Waals surface area contributed by atoms with Crippen LogP contribution in [0.1, 0.15) is 11.1 Å². The summed E-state index contributed by atoms with van der Waals surface area (Å²) in [5.74, 6) is 0. The number of hydrogen-bond donors (Lipinski definition) is 0. The normalized spacial score (nSPS) is 11.3. The van der Waals surface area contributed by atoms with Crippen LogP contribution in [0.2, 0.25) is 0 Å². The molecular weight excluding hydrogens is 599 g/mol. The summed E-state index contributed by atoms with van der Waals surface area (Å²) in [4.78, 5) is 0. The van der Waals surface area contributed by atoms with E-state index in [4.69, 9.17) is 0 Å². The van der Waals surface area contributed by atoms with Crippen molar-refractivity contribution < 1.29 is 0 Å². The fraction of sp³-hybridized carbons (Fsp3) is 0. The Morgan fingerprint density at radius 2 is 0.979 bits per heavy atom. The first-order chi connectivity index (χ1) is 23.7. The maximum absolute atomic E-state index is 10.1. The Balaban J connectivity index is 1.49. The number of nitrogens with zero attached hydrogens (tertiary/aromatic N) is 3. The Hall–Kier alpha value is -6.46. The van der Waals surface area contributed by atoms with E-state index in [1.165, 1.54) is 15.6 Å². The second kappa shape index (κ2) is 12.0. The highest BCUT2D eigenvalue weighted by Crippen LogP contribution is 2.36. The summed E-state index contributed by atoms with van der Waals surface area (Å²) < 4.78 is 2.34. The molecule has 0 atom stereocenters. The summed E-state index contributed by atoms with van der Waals surface area (Å²) in [6.07, 6.45) is 0. The molecule has 0 saturated heterocycles. The molecule has 0 saturated carbocycles. The van der Waals surface area contributed by atoms with Crippen molar-refractivity contribution in [1.82, 2.24) is 4.57 Å². The monoisotopic (exact) mass is 627 g/mol. The van der Waals surface area contributed by atoms with Crippen molar-refractivity contribution in [3.63, 3.8) is 0 Å². The van der Waals surface area contributed by atoms with E-state index in [1.807, 2.05) is 24.3 Å². The Morgan fingerprint density at radius 3 is 1.71 bits per heavy atom. The molecule has 8 aromatic rings. The third-order valence-electron chi connectivity index (χ3n) is 9.41.